The number of nitrogens with one attached hydrogen (secondary N) is 1. The Balaban J connectivity index is 1.58. The highest BCUT2D eigenvalue weighted by Crippen LogP contribution is 2.16. The van der Waals surface area contributed by atoms with Crippen LogP contribution in [0.3, 0.4) is 0 Å². The normalized spacial score (nSPS) is 17.9. The molecule has 3 heterocycles. The zero-order chi connectivity index (χ0) is 14.7. The minimum Gasteiger partial charge on any atom is -0.381 e. The Hall–Kier alpha value is -2.21. The third kappa shape index (κ3) is 3.28. The van der Waals surface area contributed by atoms with Gasteiger partial charge in [-0.05, 0) is 18.1 Å². The van der Waals surface area contributed by atoms with Gasteiger partial charge in [0.25, 0.3) is 0 Å². The molecular weight excluding hydrogens is 268 g/mol. The third-order valence-electron chi connectivity index (χ3n) is 3.59. The van der Waals surface area contributed by atoms with Gasteiger partial charge in [-0.3, -0.25) is 14.5 Å². The number of carbonyl (C=O) groups excluding carboxylic acids is 1. The van der Waals surface area contributed by atoms with Crippen LogP contribution in [0.25, 0.3) is 11.3 Å². The molecule has 1 amide bonds. The van der Waals surface area contributed by atoms with Gasteiger partial charge in [-0.15, -0.1) is 0 Å². The summed E-state index contributed by atoms with van der Waals surface area (Å²) < 4.78 is 6.96. The summed E-state index contributed by atoms with van der Waals surface area (Å²) in [4.78, 5) is 16.3. The summed E-state index contributed by atoms with van der Waals surface area (Å²) in [6, 6.07) is 3.91. The van der Waals surface area contributed by atoms with Crippen LogP contribution in [0, 0.1) is 5.92 Å². The van der Waals surface area contributed by atoms with Crippen LogP contribution < -0.4 is 5.32 Å². The Morgan fingerprint density at radius 1 is 1.48 bits per heavy atom. The molecule has 1 N–H and O–H groups in total. The van der Waals surface area contributed by atoms with Crippen LogP contribution in [0.15, 0.2) is 30.7 Å². The zero-order valence-electron chi connectivity index (χ0n) is 12.0. The van der Waals surface area contributed by atoms with E-state index >= 15 is 0 Å². The Bertz CT molecular complexity index is 615. The molecule has 6 heteroatoms. The van der Waals surface area contributed by atoms with E-state index in [1.165, 1.54) is 0 Å². The van der Waals surface area contributed by atoms with E-state index in [9.17, 15) is 4.79 Å². The first kappa shape index (κ1) is 13.8. The van der Waals surface area contributed by atoms with Crippen molar-refractivity contribution in [3.8, 4) is 11.3 Å². The fraction of sp³-hybridized carbons (Fsp3) is 0.400. The number of nitrogens with zero attached hydrogens (tertiary/aromatic N) is 3. The van der Waals surface area contributed by atoms with E-state index in [0.717, 1.165) is 23.2 Å². The molecule has 21 heavy (non-hydrogen) atoms. The van der Waals surface area contributed by atoms with Gasteiger partial charge in [0.15, 0.2) is 0 Å². The SMILES string of the molecule is Cn1cc(-c2ccc(CNC(=O)C3CCOC3)cn2)cn1. The van der Waals surface area contributed by atoms with Gasteiger partial charge in [-0.25, -0.2) is 0 Å². The molecule has 0 aromatic carbocycles. The quantitative estimate of drug-likeness (QED) is 0.915. The fourth-order valence-electron chi connectivity index (χ4n) is 2.33. The molecule has 0 aliphatic carbocycles. The average molecular weight is 286 g/mol. The molecule has 3 rings (SSSR count). The Morgan fingerprint density at radius 3 is 3.00 bits per heavy atom. The minimum absolute atomic E-state index is 0.00683. The van der Waals surface area contributed by atoms with E-state index in [4.69, 9.17) is 4.74 Å². The molecule has 110 valence electrons. The van der Waals surface area contributed by atoms with Gasteiger partial charge in [0.05, 0.1) is 24.4 Å². The molecule has 0 saturated carbocycles. The largest absolute Gasteiger partial charge is 0.381 e. The number of ether oxygens (including phenoxy) is 1. The number of hydrogen-bond acceptors (Lipinski definition) is 4. The first-order chi connectivity index (χ1) is 10.2. The minimum atomic E-state index is -0.00683. The number of aryl methyl sites for hydroxylation is 1. The van der Waals surface area contributed by atoms with Crippen molar-refractivity contribution in [2.24, 2.45) is 13.0 Å². The van der Waals surface area contributed by atoms with Gasteiger partial charge in [-0.1, -0.05) is 6.07 Å². The topological polar surface area (TPSA) is 69.0 Å². The maximum absolute atomic E-state index is 11.9. The Kier molecular flexibility index (Phi) is 3.96. The van der Waals surface area contributed by atoms with Gasteiger partial charge in [0.1, 0.15) is 0 Å². The van der Waals surface area contributed by atoms with E-state index in [1.807, 2.05) is 25.4 Å². The van der Waals surface area contributed by atoms with Crippen molar-refractivity contribution in [1.82, 2.24) is 20.1 Å². The smallest absolute Gasteiger partial charge is 0.225 e. The van der Waals surface area contributed by atoms with Crippen molar-refractivity contribution >= 4 is 5.91 Å². The second-order valence-electron chi connectivity index (χ2n) is 5.23. The summed E-state index contributed by atoms with van der Waals surface area (Å²) in [6.45, 7) is 1.71. The van der Waals surface area contributed by atoms with Crippen molar-refractivity contribution in [2.75, 3.05) is 13.2 Å². The van der Waals surface area contributed by atoms with E-state index < -0.39 is 0 Å². The third-order valence-corrected chi connectivity index (χ3v) is 3.59. The van der Waals surface area contributed by atoms with Crippen LogP contribution in [0.2, 0.25) is 0 Å². The molecule has 1 atom stereocenters. The first-order valence-corrected chi connectivity index (χ1v) is 7.02. The highest BCUT2D eigenvalue weighted by Gasteiger charge is 2.22. The predicted octanol–water partition coefficient (Wildman–Crippen LogP) is 1.13. The van der Waals surface area contributed by atoms with Gasteiger partial charge < -0.3 is 10.1 Å². The lowest BCUT2D eigenvalue weighted by Crippen LogP contribution is -2.30. The molecule has 0 bridgehead atoms. The van der Waals surface area contributed by atoms with Crippen LogP contribution in [0.1, 0.15) is 12.0 Å². The highest BCUT2D eigenvalue weighted by molar-refractivity contribution is 5.78. The molecule has 1 aliphatic rings. The molecule has 1 unspecified atom stereocenters. The summed E-state index contributed by atoms with van der Waals surface area (Å²) in [6.07, 6.45) is 6.30. The van der Waals surface area contributed by atoms with Crippen LogP contribution in [-0.2, 0) is 23.1 Å². The Morgan fingerprint density at radius 2 is 2.38 bits per heavy atom. The number of pyridine rings is 1. The van der Waals surface area contributed by atoms with Crippen molar-refractivity contribution in [3.63, 3.8) is 0 Å². The first-order valence-electron chi connectivity index (χ1n) is 7.02. The zero-order valence-corrected chi connectivity index (χ0v) is 12.0. The summed E-state index contributed by atoms with van der Waals surface area (Å²) in [5.41, 5.74) is 2.84. The lowest BCUT2D eigenvalue weighted by Gasteiger charge is -2.09. The number of aromatic nitrogens is 3. The van der Waals surface area contributed by atoms with E-state index in [-0.39, 0.29) is 11.8 Å². The molecule has 2 aromatic heterocycles. The predicted molar refractivity (Wildman–Crippen MR) is 77.2 cm³/mol. The van der Waals surface area contributed by atoms with E-state index in [1.54, 1.807) is 17.1 Å². The molecule has 1 saturated heterocycles. The highest BCUT2D eigenvalue weighted by atomic mass is 16.5. The number of rotatable bonds is 4. The van der Waals surface area contributed by atoms with Crippen LogP contribution in [-0.4, -0.2) is 33.9 Å². The molecule has 0 radical (unpaired) electrons. The van der Waals surface area contributed by atoms with Gasteiger partial charge in [0.2, 0.25) is 5.91 Å². The van der Waals surface area contributed by atoms with Crippen molar-refractivity contribution in [3.05, 3.63) is 36.3 Å². The molecule has 6 nitrogen and oxygen atoms in total. The molecular formula is C15H18N4O2. The van der Waals surface area contributed by atoms with E-state index in [2.05, 4.69) is 15.4 Å². The monoisotopic (exact) mass is 286 g/mol. The molecule has 1 fully saturated rings. The maximum Gasteiger partial charge on any atom is 0.225 e. The fourth-order valence-corrected chi connectivity index (χ4v) is 2.33. The summed E-state index contributed by atoms with van der Waals surface area (Å²) >= 11 is 0. The average Bonchev–Trinajstić information content (AvgIpc) is 3.17. The van der Waals surface area contributed by atoms with Crippen molar-refractivity contribution in [1.29, 1.82) is 0 Å². The lowest BCUT2D eigenvalue weighted by atomic mass is 10.1. The van der Waals surface area contributed by atoms with E-state index in [0.29, 0.717) is 19.8 Å². The molecule has 2 aromatic rings. The summed E-state index contributed by atoms with van der Waals surface area (Å²) in [5.74, 6) is 0.0523. The van der Waals surface area contributed by atoms with Crippen LogP contribution >= 0.6 is 0 Å². The van der Waals surface area contributed by atoms with Gasteiger partial charge >= 0.3 is 0 Å². The molecule has 0 spiro atoms. The summed E-state index contributed by atoms with van der Waals surface area (Å²) in [7, 11) is 1.88. The second-order valence-corrected chi connectivity index (χ2v) is 5.23. The molecule has 1 aliphatic heterocycles. The van der Waals surface area contributed by atoms with Crippen molar-refractivity contribution in [2.45, 2.75) is 13.0 Å². The van der Waals surface area contributed by atoms with Gasteiger partial charge in [-0.2, -0.15) is 5.10 Å². The number of carbonyl (C=O) groups is 1. The summed E-state index contributed by atoms with van der Waals surface area (Å²) in [5, 5.41) is 7.06. The number of amides is 1. The van der Waals surface area contributed by atoms with Crippen LogP contribution in [0.4, 0.5) is 0 Å². The maximum atomic E-state index is 11.9. The van der Waals surface area contributed by atoms with Gasteiger partial charge in [0, 0.05) is 38.2 Å². The van der Waals surface area contributed by atoms with Crippen molar-refractivity contribution < 1.29 is 9.53 Å². The number of hydrogen-bond donors (Lipinski definition) is 1. The lowest BCUT2D eigenvalue weighted by molar-refractivity contribution is -0.125. The standard InChI is InChI=1S/C15H18N4O2/c1-19-9-13(8-18-19)14-3-2-11(6-16-14)7-17-15(20)12-4-5-21-10-12/h2-3,6,8-9,12H,4-5,7,10H2,1H3,(H,17,20). The Labute approximate surface area is 123 Å². The second kappa shape index (κ2) is 6.05. The van der Waals surface area contributed by atoms with Crippen LogP contribution in [0.5, 0.6) is 0 Å².